The predicted octanol–water partition coefficient (Wildman–Crippen LogP) is 2.86. The number of pyridine rings is 1. The fourth-order valence-electron chi connectivity index (χ4n) is 3.33. The highest BCUT2D eigenvalue weighted by Crippen LogP contribution is 2.27. The Morgan fingerprint density at radius 1 is 1.32 bits per heavy atom. The molecular weight excluding hydrogens is 318 g/mol. The van der Waals surface area contributed by atoms with Crippen molar-refractivity contribution in [3.05, 3.63) is 47.7 Å². The van der Waals surface area contributed by atoms with E-state index in [1.54, 1.807) is 6.07 Å². The van der Waals surface area contributed by atoms with E-state index in [4.69, 9.17) is 4.52 Å². The molecule has 0 unspecified atom stereocenters. The second-order valence-corrected chi connectivity index (χ2v) is 6.85. The van der Waals surface area contributed by atoms with E-state index >= 15 is 0 Å². The van der Waals surface area contributed by atoms with Crippen LogP contribution in [0.15, 0.2) is 35.0 Å². The van der Waals surface area contributed by atoms with Crippen LogP contribution in [-0.4, -0.2) is 43.7 Å². The number of nitrogens with zero attached hydrogens (tertiary/aromatic N) is 5. The van der Waals surface area contributed by atoms with Crippen LogP contribution in [0, 0.1) is 0 Å². The number of piperidine rings is 1. The Labute approximate surface area is 145 Å². The van der Waals surface area contributed by atoms with Crippen molar-refractivity contribution in [1.29, 1.82) is 0 Å². The van der Waals surface area contributed by atoms with E-state index in [0.717, 1.165) is 36.6 Å². The maximum Gasteiger partial charge on any atom is 0.276 e. The predicted molar refractivity (Wildman–Crippen MR) is 91.5 cm³/mol. The third kappa shape index (κ3) is 2.90. The lowest BCUT2D eigenvalue weighted by atomic mass is 9.97. The van der Waals surface area contributed by atoms with Gasteiger partial charge >= 0.3 is 0 Å². The van der Waals surface area contributed by atoms with Gasteiger partial charge in [-0.25, -0.2) is 0 Å². The van der Waals surface area contributed by atoms with Gasteiger partial charge in [-0.1, -0.05) is 25.1 Å². The van der Waals surface area contributed by atoms with Gasteiger partial charge in [0.25, 0.3) is 5.91 Å². The molecule has 130 valence electrons. The van der Waals surface area contributed by atoms with Gasteiger partial charge < -0.3 is 9.42 Å². The molecule has 0 aliphatic carbocycles. The molecule has 7 nitrogen and oxygen atoms in total. The van der Waals surface area contributed by atoms with Gasteiger partial charge in [0, 0.05) is 37.2 Å². The summed E-state index contributed by atoms with van der Waals surface area (Å²) < 4.78 is 7.28. The summed E-state index contributed by atoms with van der Waals surface area (Å²) in [5.74, 6) is 1.96. The van der Waals surface area contributed by atoms with Crippen LogP contribution in [0.1, 0.15) is 60.6 Å². The van der Waals surface area contributed by atoms with Gasteiger partial charge in [-0.3, -0.25) is 9.20 Å². The Morgan fingerprint density at radius 3 is 3.00 bits per heavy atom. The van der Waals surface area contributed by atoms with E-state index in [2.05, 4.69) is 15.4 Å². The molecule has 0 bridgehead atoms. The number of carbonyl (C=O) groups excluding carboxylic acids is 1. The molecule has 1 saturated heterocycles. The Morgan fingerprint density at radius 2 is 2.20 bits per heavy atom. The molecule has 0 aromatic carbocycles. The van der Waals surface area contributed by atoms with Crippen LogP contribution in [0.25, 0.3) is 5.65 Å². The molecule has 25 heavy (non-hydrogen) atoms. The van der Waals surface area contributed by atoms with Gasteiger partial charge in [0.1, 0.15) is 11.6 Å². The Hall–Kier alpha value is -2.70. The van der Waals surface area contributed by atoms with Crippen LogP contribution < -0.4 is 0 Å². The van der Waals surface area contributed by atoms with Crippen LogP contribution >= 0.6 is 0 Å². The van der Waals surface area contributed by atoms with Crippen molar-refractivity contribution in [1.82, 2.24) is 24.7 Å². The summed E-state index contributed by atoms with van der Waals surface area (Å²) in [6.07, 6.45) is 3.90. The van der Waals surface area contributed by atoms with E-state index < -0.39 is 0 Å². The maximum atomic E-state index is 12.8. The molecular formula is C18H21N5O2. The first-order chi connectivity index (χ1) is 12.1. The molecule has 4 rings (SSSR count). The Bertz CT molecular complexity index is 898. The summed E-state index contributed by atoms with van der Waals surface area (Å²) in [6.45, 7) is 5.39. The molecule has 3 aromatic rings. The third-order valence-electron chi connectivity index (χ3n) is 4.73. The van der Waals surface area contributed by atoms with Gasteiger partial charge in [-0.2, -0.15) is 0 Å². The van der Waals surface area contributed by atoms with Gasteiger partial charge in [0.05, 0.1) is 0 Å². The zero-order chi connectivity index (χ0) is 17.4. The summed E-state index contributed by atoms with van der Waals surface area (Å²) in [4.78, 5) is 14.6. The minimum Gasteiger partial charge on any atom is -0.360 e. The van der Waals surface area contributed by atoms with Crippen LogP contribution in [-0.2, 0) is 0 Å². The molecule has 0 spiro atoms. The SMILES string of the molecule is CC(C)c1cc(C(=O)N2CCC[C@H](c3nnc4ccccn34)C2)no1. The normalized spacial score (nSPS) is 18.2. The third-order valence-corrected chi connectivity index (χ3v) is 4.73. The number of hydrogen-bond acceptors (Lipinski definition) is 5. The van der Waals surface area contributed by atoms with Crippen molar-refractivity contribution in [2.75, 3.05) is 13.1 Å². The summed E-state index contributed by atoms with van der Waals surface area (Å²) in [6, 6.07) is 7.60. The van der Waals surface area contributed by atoms with Crippen LogP contribution in [0.4, 0.5) is 0 Å². The van der Waals surface area contributed by atoms with E-state index in [-0.39, 0.29) is 17.7 Å². The molecule has 1 atom stereocenters. The monoisotopic (exact) mass is 339 g/mol. The number of carbonyl (C=O) groups is 1. The molecule has 4 heterocycles. The molecule has 1 fully saturated rings. The topological polar surface area (TPSA) is 76.5 Å². The lowest BCUT2D eigenvalue weighted by Gasteiger charge is -2.31. The number of likely N-dealkylation sites (tertiary alicyclic amines) is 1. The molecule has 0 N–H and O–H groups in total. The Balaban J connectivity index is 1.55. The lowest BCUT2D eigenvalue weighted by molar-refractivity contribution is 0.0693. The van der Waals surface area contributed by atoms with Crippen LogP contribution in [0.5, 0.6) is 0 Å². The standard InChI is InChI=1S/C18H21N5O2/c1-12(2)15-10-14(21-25-15)18(24)22-8-5-6-13(11-22)17-20-19-16-7-3-4-9-23(16)17/h3-4,7,9-10,12-13H,5-6,8,11H2,1-2H3/t13-/m0/s1. The summed E-state index contributed by atoms with van der Waals surface area (Å²) in [5, 5.41) is 12.5. The number of amides is 1. The quantitative estimate of drug-likeness (QED) is 0.733. The van der Waals surface area contributed by atoms with Gasteiger partial charge in [0.2, 0.25) is 0 Å². The average Bonchev–Trinajstić information content (AvgIpc) is 3.28. The first-order valence-corrected chi connectivity index (χ1v) is 8.69. The van der Waals surface area contributed by atoms with Gasteiger partial charge in [0.15, 0.2) is 11.3 Å². The first-order valence-electron chi connectivity index (χ1n) is 8.69. The maximum absolute atomic E-state index is 12.8. The fourth-order valence-corrected chi connectivity index (χ4v) is 3.33. The molecule has 1 amide bonds. The van der Waals surface area contributed by atoms with Crippen molar-refractivity contribution in [3.63, 3.8) is 0 Å². The summed E-state index contributed by atoms with van der Waals surface area (Å²) in [5.41, 5.74) is 1.22. The largest absolute Gasteiger partial charge is 0.360 e. The molecule has 0 radical (unpaired) electrons. The minimum atomic E-state index is -0.0748. The summed E-state index contributed by atoms with van der Waals surface area (Å²) in [7, 11) is 0. The van der Waals surface area contributed by atoms with Crippen molar-refractivity contribution in [3.8, 4) is 0 Å². The van der Waals surface area contributed by atoms with Crippen molar-refractivity contribution < 1.29 is 9.32 Å². The number of rotatable bonds is 3. The molecule has 7 heteroatoms. The Kier molecular flexibility index (Phi) is 3.99. The zero-order valence-electron chi connectivity index (χ0n) is 14.4. The number of fused-ring (bicyclic) bond motifs is 1. The van der Waals surface area contributed by atoms with Crippen molar-refractivity contribution >= 4 is 11.6 Å². The highest BCUT2D eigenvalue weighted by Gasteiger charge is 2.29. The van der Waals surface area contributed by atoms with E-state index in [1.807, 2.05) is 47.5 Å². The van der Waals surface area contributed by atoms with Crippen molar-refractivity contribution in [2.45, 2.75) is 38.5 Å². The second kappa shape index (κ2) is 6.31. The lowest BCUT2D eigenvalue weighted by Crippen LogP contribution is -2.39. The highest BCUT2D eigenvalue weighted by atomic mass is 16.5. The van der Waals surface area contributed by atoms with Gasteiger partial charge in [-0.05, 0) is 25.0 Å². The summed E-state index contributed by atoms with van der Waals surface area (Å²) >= 11 is 0. The van der Waals surface area contributed by atoms with E-state index in [1.165, 1.54) is 0 Å². The zero-order valence-corrected chi connectivity index (χ0v) is 14.4. The fraction of sp³-hybridized carbons (Fsp3) is 0.444. The van der Waals surface area contributed by atoms with Crippen molar-refractivity contribution in [2.24, 2.45) is 0 Å². The minimum absolute atomic E-state index is 0.0748. The smallest absolute Gasteiger partial charge is 0.276 e. The van der Waals surface area contributed by atoms with Crippen LogP contribution in [0.2, 0.25) is 0 Å². The van der Waals surface area contributed by atoms with Gasteiger partial charge in [-0.15, -0.1) is 10.2 Å². The first kappa shape index (κ1) is 15.8. The average molecular weight is 339 g/mol. The number of aromatic nitrogens is 4. The van der Waals surface area contributed by atoms with E-state index in [0.29, 0.717) is 12.2 Å². The molecule has 3 aromatic heterocycles. The van der Waals surface area contributed by atoms with E-state index in [9.17, 15) is 4.79 Å². The number of hydrogen-bond donors (Lipinski definition) is 0. The second-order valence-electron chi connectivity index (χ2n) is 6.85. The molecule has 1 aliphatic heterocycles. The molecule has 0 saturated carbocycles. The van der Waals surface area contributed by atoms with Crippen LogP contribution in [0.3, 0.4) is 0 Å². The molecule has 1 aliphatic rings. The highest BCUT2D eigenvalue weighted by molar-refractivity contribution is 5.92.